The molecule has 0 atom stereocenters. The third-order valence-corrected chi connectivity index (χ3v) is 2.79. The Morgan fingerprint density at radius 1 is 1.10 bits per heavy atom. The lowest BCUT2D eigenvalue weighted by atomic mass is 10.1. The van der Waals surface area contributed by atoms with Crippen molar-refractivity contribution in [3.05, 3.63) is 59.9 Å². The van der Waals surface area contributed by atoms with E-state index in [1.165, 1.54) is 6.07 Å². The van der Waals surface area contributed by atoms with Crippen molar-refractivity contribution in [2.24, 2.45) is 0 Å². The van der Waals surface area contributed by atoms with Gasteiger partial charge >= 0.3 is 0 Å². The van der Waals surface area contributed by atoms with E-state index in [2.05, 4.69) is 0 Å². The summed E-state index contributed by atoms with van der Waals surface area (Å²) in [5.74, 6) is 0.649. The van der Waals surface area contributed by atoms with Gasteiger partial charge < -0.3 is 9.47 Å². The van der Waals surface area contributed by atoms with Crippen molar-refractivity contribution in [2.75, 3.05) is 13.7 Å². The number of ether oxygens (including phenoxy) is 2. The predicted molar refractivity (Wildman–Crippen MR) is 73.6 cm³/mol. The summed E-state index contributed by atoms with van der Waals surface area (Å²) in [5.41, 5.74) is 0.381. The van der Waals surface area contributed by atoms with E-state index in [1.807, 2.05) is 0 Å². The Kier molecular flexibility index (Phi) is 4.71. The van der Waals surface area contributed by atoms with Crippen LogP contribution in [0, 0.1) is 5.82 Å². The van der Waals surface area contributed by atoms with E-state index >= 15 is 0 Å². The van der Waals surface area contributed by atoms with E-state index in [4.69, 9.17) is 9.47 Å². The Morgan fingerprint density at radius 3 is 2.60 bits per heavy atom. The van der Waals surface area contributed by atoms with Crippen molar-refractivity contribution < 1.29 is 18.7 Å². The summed E-state index contributed by atoms with van der Waals surface area (Å²) in [4.78, 5) is 11.8. The number of carbonyl (C=O) groups is 1. The second-order valence-corrected chi connectivity index (χ2v) is 4.27. The number of ketones is 1. The fourth-order valence-electron chi connectivity index (χ4n) is 1.76. The van der Waals surface area contributed by atoms with Crippen molar-refractivity contribution in [2.45, 2.75) is 6.42 Å². The number of rotatable bonds is 6. The average molecular weight is 274 g/mol. The molecule has 0 aliphatic rings. The van der Waals surface area contributed by atoms with Crippen LogP contribution in [0.3, 0.4) is 0 Å². The summed E-state index contributed by atoms with van der Waals surface area (Å²) in [6.07, 6.45) is 0.0244. The molecule has 4 heteroatoms. The molecular formula is C16H15FO3. The zero-order chi connectivity index (χ0) is 14.4. The second kappa shape index (κ2) is 6.70. The van der Waals surface area contributed by atoms with Crippen LogP contribution in [-0.4, -0.2) is 19.5 Å². The van der Waals surface area contributed by atoms with Gasteiger partial charge in [-0.3, -0.25) is 4.79 Å². The molecule has 0 bridgehead atoms. The Labute approximate surface area is 117 Å². The van der Waals surface area contributed by atoms with Gasteiger partial charge in [0.1, 0.15) is 23.9 Å². The van der Waals surface area contributed by atoms with Gasteiger partial charge in [0.25, 0.3) is 0 Å². The van der Waals surface area contributed by atoms with Gasteiger partial charge in [-0.15, -0.1) is 0 Å². The molecule has 0 saturated heterocycles. The lowest BCUT2D eigenvalue weighted by molar-refractivity contribution is -0.120. The van der Waals surface area contributed by atoms with Crippen LogP contribution < -0.4 is 9.47 Å². The molecule has 2 rings (SSSR count). The normalized spacial score (nSPS) is 10.1. The number of benzene rings is 2. The highest BCUT2D eigenvalue weighted by Gasteiger charge is 2.08. The maximum Gasteiger partial charge on any atom is 0.174 e. The topological polar surface area (TPSA) is 35.5 Å². The first-order valence-electron chi connectivity index (χ1n) is 6.21. The van der Waals surface area contributed by atoms with Gasteiger partial charge in [0, 0.05) is 12.5 Å². The Morgan fingerprint density at radius 2 is 1.85 bits per heavy atom. The minimum absolute atomic E-state index is 0.0244. The third-order valence-electron chi connectivity index (χ3n) is 2.79. The van der Waals surface area contributed by atoms with Crippen LogP contribution in [0.15, 0.2) is 48.5 Å². The van der Waals surface area contributed by atoms with Crippen molar-refractivity contribution in [1.82, 2.24) is 0 Å². The van der Waals surface area contributed by atoms with Gasteiger partial charge in [0.05, 0.1) is 7.11 Å². The second-order valence-electron chi connectivity index (χ2n) is 4.27. The highest BCUT2D eigenvalue weighted by molar-refractivity contribution is 5.82. The highest BCUT2D eigenvalue weighted by atomic mass is 19.1. The van der Waals surface area contributed by atoms with Crippen LogP contribution >= 0.6 is 0 Å². The minimum atomic E-state index is -0.373. The molecule has 0 radical (unpaired) electrons. The lowest BCUT2D eigenvalue weighted by Crippen LogP contribution is -2.14. The smallest absolute Gasteiger partial charge is 0.174 e. The van der Waals surface area contributed by atoms with E-state index in [9.17, 15) is 9.18 Å². The largest absolute Gasteiger partial charge is 0.497 e. The van der Waals surface area contributed by atoms with E-state index in [0.717, 1.165) is 0 Å². The van der Waals surface area contributed by atoms with Crippen molar-refractivity contribution in [3.8, 4) is 11.5 Å². The lowest BCUT2D eigenvalue weighted by Gasteiger charge is -2.07. The van der Waals surface area contributed by atoms with E-state index in [0.29, 0.717) is 17.1 Å². The molecule has 0 N–H and O–H groups in total. The maximum absolute atomic E-state index is 13.4. The number of carbonyl (C=O) groups excluding carboxylic acids is 1. The standard InChI is InChI=1S/C16H15FO3/c1-19-14-6-4-7-15(10-14)20-11-13(18)9-12-5-2-3-8-16(12)17/h2-8,10H,9,11H2,1H3. The molecule has 0 heterocycles. The number of hydrogen-bond acceptors (Lipinski definition) is 3. The molecule has 2 aromatic rings. The Bertz CT molecular complexity index is 596. The van der Waals surface area contributed by atoms with Gasteiger partial charge in [-0.1, -0.05) is 24.3 Å². The Balaban J connectivity index is 1.90. The van der Waals surface area contributed by atoms with Crippen LogP contribution in [-0.2, 0) is 11.2 Å². The van der Waals surface area contributed by atoms with E-state index < -0.39 is 0 Å². The molecule has 0 aromatic heterocycles. The van der Waals surface area contributed by atoms with Gasteiger partial charge in [-0.2, -0.15) is 0 Å². The quantitative estimate of drug-likeness (QED) is 0.812. The molecule has 0 aliphatic heterocycles. The summed E-state index contributed by atoms with van der Waals surface area (Å²) >= 11 is 0. The molecule has 0 amide bonds. The van der Waals surface area contributed by atoms with Gasteiger partial charge in [-0.25, -0.2) is 4.39 Å². The molecule has 0 fully saturated rings. The van der Waals surface area contributed by atoms with Crippen LogP contribution in [0.1, 0.15) is 5.56 Å². The fraction of sp³-hybridized carbons (Fsp3) is 0.188. The van der Waals surface area contributed by atoms with E-state index in [1.54, 1.807) is 49.6 Å². The molecule has 2 aromatic carbocycles. The summed E-state index contributed by atoms with van der Waals surface area (Å²) in [5, 5.41) is 0. The molecule has 0 aliphatic carbocycles. The number of methoxy groups -OCH3 is 1. The van der Waals surface area contributed by atoms with Gasteiger partial charge in [-0.05, 0) is 23.8 Å². The van der Waals surface area contributed by atoms with Crippen molar-refractivity contribution in [1.29, 1.82) is 0 Å². The summed E-state index contributed by atoms with van der Waals surface area (Å²) in [7, 11) is 1.56. The van der Waals surface area contributed by atoms with Crippen LogP contribution in [0.2, 0.25) is 0 Å². The van der Waals surface area contributed by atoms with E-state index in [-0.39, 0.29) is 24.6 Å². The third kappa shape index (κ3) is 3.82. The Hall–Kier alpha value is -2.36. The monoisotopic (exact) mass is 274 g/mol. The number of hydrogen-bond donors (Lipinski definition) is 0. The zero-order valence-corrected chi connectivity index (χ0v) is 11.1. The molecule has 0 spiro atoms. The predicted octanol–water partition coefficient (Wildman–Crippen LogP) is 3.02. The zero-order valence-electron chi connectivity index (χ0n) is 11.1. The van der Waals surface area contributed by atoms with Crippen molar-refractivity contribution >= 4 is 5.78 Å². The summed E-state index contributed by atoms with van der Waals surface area (Å²) < 4.78 is 23.8. The molecule has 3 nitrogen and oxygen atoms in total. The summed E-state index contributed by atoms with van der Waals surface area (Å²) in [6.45, 7) is -0.0957. The van der Waals surface area contributed by atoms with Crippen LogP contribution in [0.25, 0.3) is 0 Å². The molecular weight excluding hydrogens is 259 g/mol. The van der Waals surface area contributed by atoms with Crippen LogP contribution in [0.5, 0.6) is 11.5 Å². The first-order chi connectivity index (χ1) is 9.69. The SMILES string of the molecule is COc1cccc(OCC(=O)Cc2ccccc2F)c1. The maximum atomic E-state index is 13.4. The average Bonchev–Trinajstić information content (AvgIpc) is 2.48. The van der Waals surface area contributed by atoms with Gasteiger partial charge in [0.15, 0.2) is 5.78 Å². The first kappa shape index (κ1) is 14.1. The fourth-order valence-corrected chi connectivity index (χ4v) is 1.76. The highest BCUT2D eigenvalue weighted by Crippen LogP contribution is 2.18. The molecule has 104 valence electrons. The first-order valence-corrected chi connectivity index (χ1v) is 6.21. The summed E-state index contributed by atoms with van der Waals surface area (Å²) in [6, 6.07) is 13.2. The van der Waals surface area contributed by atoms with Crippen molar-refractivity contribution in [3.63, 3.8) is 0 Å². The number of halogens is 1. The molecule has 0 saturated carbocycles. The minimum Gasteiger partial charge on any atom is -0.497 e. The van der Waals surface area contributed by atoms with Gasteiger partial charge in [0.2, 0.25) is 0 Å². The van der Waals surface area contributed by atoms with Crippen LogP contribution in [0.4, 0.5) is 4.39 Å². The number of Topliss-reactive ketones (excluding diaryl/α,β-unsaturated/α-hetero) is 1. The molecule has 20 heavy (non-hydrogen) atoms. The molecule has 0 unspecified atom stereocenters.